The van der Waals surface area contributed by atoms with Gasteiger partial charge < -0.3 is 10.2 Å². The average Bonchev–Trinajstić information content (AvgIpc) is 2.46. The van der Waals surface area contributed by atoms with Crippen molar-refractivity contribution in [3.63, 3.8) is 0 Å². The van der Waals surface area contributed by atoms with Gasteiger partial charge in [0.05, 0.1) is 6.04 Å². The molecule has 0 saturated carbocycles. The van der Waals surface area contributed by atoms with E-state index in [0.717, 1.165) is 10.9 Å². The lowest BCUT2D eigenvalue weighted by atomic mass is 10.1. The minimum atomic E-state index is -0.336. The van der Waals surface area contributed by atoms with Crippen LogP contribution in [0.3, 0.4) is 0 Å². The predicted octanol–water partition coefficient (Wildman–Crippen LogP) is 2.90. The van der Waals surface area contributed by atoms with Crippen molar-refractivity contribution >= 4 is 11.0 Å². The summed E-state index contributed by atoms with van der Waals surface area (Å²) in [5.74, 6) is 0.322. The first-order valence-corrected chi connectivity index (χ1v) is 4.54. The lowest BCUT2D eigenvalue weighted by Gasteiger charge is -2.00. The van der Waals surface area contributed by atoms with Crippen molar-refractivity contribution in [3.05, 3.63) is 35.3 Å². The zero-order valence-corrected chi connectivity index (χ0v) is 8.17. The number of nitrogens with two attached hydrogens (primary N) is 1. The van der Waals surface area contributed by atoms with Gasteiger partial charge in [-0.05, 0) is 19.9 Å². The smallest absolute Gasteiger partial charge is 0.170 e. The third-order valence-corrected chi connectivity index (χ3v) is 2.37. The number of hydrogen-bond donors (Lipinski definition) is 1. The van der Waals surface area contributed by atoms with Crippen LogP contribution < -0.4 is 5.73 Å². The number of para-hydroxylation sites is 1. The van der Waals surface area contributed by atoms with Crippen molar-refractivity contribution < 1.29 is 8.81 Å². The van der Waals surface area contributed by atoms with Crippen molar-refractivity contribution in [2.24, 2.45) is 5.73 Å². The first-order chi connectivity index (χ1) is 6.61. The number of hydrogen-bond acceptors (Lipinski definition) is 2. The average molecular weight is 193 g/mol. The van der Waals surface area contributed by atoms with Gasteiger partial charge in [0.25, 0.3) is 0 Å². The number of aryl methyl sites for hydroxylation is 1. The topological polar surface area (TPSA) is 39.2 Å². The summed E-state index contributed by atoms with van der Waals surface area (Å²) in [6.45, 7) is 3.71. The van der Waals surface area contributed by atoms with Crippen molar-refractivity contribution in [3.8, 4) is 0 Å². The molecular weight excluding hydrogens is 181 g/mol. The molecule has 1 unspecified atom stereocenters. The fourth-order valence-corrected chi connectivity index (χ4v) is 1.66. The van der Waals surface area contributed by atoms with E-state index in [0.29, 0.717) is 11.3 Å². The molecular formula is C11H12FNO. The zero-order chi connectivity index (χ0) is 10.3. The molecule has 74 valence electrons. The molecule has 0 aliphatic rings. The van der Waals surface area contributed by atoms with Gasteiger partial charge in [-0.15, -0.1) is 0 Å². The van der Waals surface area contributed by atoms with Gasteiger partial charge in [0, 0.05) is 10.9 Å². The molecule has 2 nitrogen and oxygen atoms in total. The predicted molar refractivity (Wildman–Crippen MR) is 53.5 cm³/mol. The number of benzene rings is 1. The highest BCUT2D eigenvalue weighted by molar-refractivity contribution is 5.82. The van der Waals surface area contributed by atoms with Crippen LogP contribution in [-0.2, 0) is 0 Å². The summed E-state index contributed by atoms with van der Waals surface area (Å²) < 4.78 is 18.7. The minimum absolute atomic E-state index is 0.207. The number of furan rings is 1. The van der Waals surface area contributed by atoms with Crippen LogP contribution in [-0.4, -0.2) is 0 Å². The highest BCUT2D eigenvalue weighted by Crippen LogP contribution is 2.29. The monoisotopic (exact) mass is 193 g/mol. The Bertz CT molecular complexity index is 473. The van der Waals surface area contributed by atoms with Crippen LogP contribution in [0.1, 0.15) is 24.3 Å². The molecule has 0 radical (unpaired) electrons. The number of fused-ring (bicyclic) bond motifs is 1. The molecule has 0 amide bonds. The summed E-state index contributed by atoms with van der Waals surface area (Å²) in [5, 5.41) is 0.803. The Hall–Kier alpha value is -1.35. The van der Waals surface area contributed by atoms with E-state index in [2.05, 4.69) is 0 Å². The molecule has 2 N–H and O–H groups in total. The van der Waals surface area contributed by atoms with Gasteiger partial charge >= 0.3 is 0 Å². The second-order valence-corrected chi connectivity index (χ2v) is 3.50. The van der Waals surface area contributed by atoms with E-state index >= 15 is 0 Å². The van der Waals surface area contributed by atoms with E-state index in [1.807, 2.05) is 19.9 Å². The number of halogens is 1. The summed E-state index contributed by atoms with van der Waals surface area (Å²) in [7, 11) is 0. The molecule has 0 fully saturated rings. The maximum Gasteiger partial charge on any atom is 0.170 e. The lowest BCUT2D eigenvalue weighted by molar-refractivity contribution is 0.490. The maximum absolute atomic E-state index is 13.3. The Morgan fingerprint density at radius 2 is 2.14 bits per heavy atom. The van der Waals surface area contributed by atoms with Crippen LogP contribution in [0.15, 0.2) is 22.6 Å². The third kappa shape index (κ3) is 1.21. The molecule has 1 aromatic carbocycles. The van der Waals surface area contributed by atoms with E-state index < -0.39 is 0 Å². The highest BCUT2D eigenvalue weighted by atomic mass is 19.1. The number of rotatable bonds is 1. The highest BCUT2D eigenvalue weighted by Gasteiger charge is 2.15. The quantitative estimate of drug-likeness (QED) is 0.756. The minimum Gasteiger partial charge on any atom is -0.456 e. The normalized spacial score (nSPS) is 13.4. The van der Waals surface area contributed by atoms with Crippen molar-refractivity contribution in [2.75, 3.05) is 0 Å². The first-order valence-electron chi connectivity index (χ1n) is 4.54. The molecule has 2 rings (SSSR count). The molecule has 1 heterocycles. The Morgan fingerprint density at radius 3 is 2.71 bits per heavy atom. The Morgan fingerprint density at radius 1 is 1.43 bits per heavy atom. The maximum atomic E-state index is 13.3. The van der Waals surface area contributed by atoms with Crippen LogP contribution in [0.4, 0.5) is 4.39 Å². The van der Waals surface area contributed by atoms with Gasteiger partial charge in [0.1, 0.15) is 5.76 Å². The van der Waals surface area contributed by atoms with Gasteiger partial charge in [-0.1, -0.05) is 12.1 Å². The fourth-order valence-electron chi connectivity index (χ4n) is 1.66. The SMILES string of the molecule is Cc1c(C(C)N)oc2c(F)cccc12. The van der Waals surface area contributed by atoms with Crippen LogP contribution >= 0.6 is 0 Å². The van der Waals surface area contributed by atoms with Crippen LogP contribution in [0.5, 0.6) is 0 Å². The molecule has 1 atom stereocenters. The molecule has 0 bridgehead atoms. The van der Waals surface area contributed by atoms with E-state index in [-0.39, 0.29) is 11.9 Å². The molecule has 3 heteroatoms. The van der Waals surface area contributed by atoms with E-state index in [1.165, 1.54) is 6.07 Å². The zero-order valence-electron chi connectivity index (χ0n) is 8.17. The van der Waals surface area contributed by atoms with E-state index in [9.17, 15) is 4.39 Å². The van der Waals surface area contributed by atoms with Crippen LogP contribution in [0, 0.1) is 12.7 Å². The molecule has 0 spiro atoms. The summed E-state index contributed by atoms with van der Waals surface area (Å²) in [6, 6.07) is 4.69. The van der Waals surface area contributed by atoms with Gasteiger partial charge in [-0.25, -0.2) is 4.39 Å². The van der Waals surface area contributed by atoms with E-state index in [1.54, 1.807) is 6.07 Å². The standard InChI is InChI=1S/C11H12FNO/c1-6-8-4-3-5-9(12)11(8)14-10(6)7(2)13/h3-5,7H,13H2,1-2H3. The van der Waals surface area contributed by atoms with Gasteiger partial charge in [-0.3, -0.25) is 0 Å². The second kappa shape index (κ2) is 3.10. The third-order valence-electron chi connectivity index (χ3n) is 2.37. The molecule has 0 saturated heterocycles. The Kier molecular flexibility index (Phi) is 2.04. The van der Waals surface area contributed by atoms with Crippen molar-refractivity contribution in [1.29, 1.82) is 0 Å². The van der Waals surface area contributed by atoms with Crippen LogP contribution in [0.25, 0.3) is 11.0 Å². The van der Waals surface area contributed by atoms with E-state index in [4.69, 9.17) is 10.2 Å². The molecule has 1 aromatic heterocycles. The molecule has 0 aliphatic heterocycles. The summed E-state index contributed by atoms with van der Waals surface area (Å²) in [5.41, 5.74) is 6.94. The van der Waals surface area contributed by atoms with Gasteiger partial charge in [0.15, 0.2) is 11.4 Å². The first kappa shape index (κ1) is 9.21. The summed E-state index contributed by atoms with van der Waals surface area (Å²) >= 11 is 0. The van der Waals surface area contributed by atoms with Crippen LogP contribution in [0.2, 0.25) is 0 Å². The van der Waals surface area contributed by atoms with Crippen molar-refractivity contribution in [2.45, 2.75) is 19.9 Å². The Balaban J connectivity index is 2.80. The second-order valence-electron chi connectivity index (χ2n) is 3.50. The Labute approximate surface area is 81.5 Å². The van der Waals surface area contributed by atoms with Gasteiger partial charge in [0.2, 0.25) is 0 Å². The fraction of sp³-hybridized carbons (Fsp3) is 0.273. The molecule has 0 aliphatic carbocycles. The lowest BCUT2D eigenvalue weighted by Crippen LogP contribution is -2.04. The summed E-state index contributed by atoms with van der Waals surface area (Å²) in [4.78, 5) is 0. The largest absolute Gasteiger partial charge is 0.456 e. The molecule has 2 aromatic rings. The van der Waals surface area contributed by atoms with Gasteiger partial charge in [-0.2, -0.15) is 0 Å². The van der Waals surface area contributed by atoms with Crippen molar-refractivity contribution in [1.82, 2.24) is 0 Å². The summed E-state index contributed by atoms with van der Waals surface area (Å²) in [6.07, 6.45) is 0. The molecule has 14 heavy (non-hydrogen) atoms.